The maximum absolute atomic E-state index is 13.9. The topological polar surface area (TPSA) is 44.8 Å². The van der Waals surface area contributed by atoms with E-state index in [0.717, 1.165) is 0 Å². The van der Waals surface area contributed by atoms with Gasteiger partial charge in [-0.3, -0.25) is 19.0 Å². The van der Waals surface area contributed by atoms with Crippen molar-refractivity contribution in [1.29, 1.82) is 0 Å². The van der Waals surface area contributed by atoms with Crippen molar-refractivity contribution in [3.8, 4) is 0 Å². The first-order valence-electron chi connectivity index (χ1n) is 7.64. The first-order valence-corrected chi connectivity index (χ1v) is 7.64. The first-order chi connectivity index (χ1) is 14.3. The summed E-state index contributed by atoms with van der Waals surface area (Å²) in [5, 5.41) is 0. The molecule has 0 aliphatic carbocycles. The summed E-state index contributed by atoms with van der Waals surface area (Å²) in [5.74, 6) is -32.2. The summed E-state index contributed by atoms with van der Waals surface area (Å²) in [4.78, 5) is 10.1. The molecule has 0 fully saturated rings. The minimum Gasteiger partial charge on any atom is -0.270 e. The smallest absolute Gasteiger partial charge is 0.270 e. The number of carbonyl (C=O) groups excluding carboxylic acids is 1. The predicted molar refractivity (Wildman–Crippen MR) is 68.7 cm³/mol. The van der Waals surface area contributed by atoms with E-state index < -0.39 is 80.7 Å². The van der Waals surface area contributed by atoms with Crippen LogP contribution in [-0.2, 0) is 19.0 Å². The van der Waals surface area contributed by atoms with Crippen LogP contribution in [0.15, 0.2) is 0 Å². The van der Waals surface area contributed by atoms with Gasteiger partial charge in [-0.1, -0.05) is 0 Å². The minimum atomic E-state index is -7.84. The van der Waals surface area contributed by atoms with Crippen LogP contribution in [0.4, 0.5) is 74.6 Å². The number of rotatable bonds is 11. The highest BCUT2D eigenvalue weighted by molar-refractivity contribution is 5.75. The van der Waals surface area contributed by atoms with Gasteiger partial charge in [0.1, 0.15) is 0 Å². The Labute approximate surface area is 175 Å². The van der Waals surface area contributed by atoms with Gasteiger partial charge in [0.15, 0.2) is 0 Å². The Morgan fingerprint density at radius 3 is 1.09 bits per heavy atom. The van der Waals surface area contributed by atoms with Crippen LogP contribution in [0.25, 0.3) is 0 Å². The number of ether oxygens (including phenoxy) is 3. The molecule has 0 spiro atoms. The highest BCUT2D eigenvalue weighted by Gasteiger charge is 2.84. The van der Waals surface area contributed by atoms with E-state index in [4.69, 9.17) is 0 Å². The van der Waals surface area contributed by atoms with E-state index in [9.17, 15) is 79.4 Å². The summed E-state index contributed by atoms with van der Waals surface area (Å²) < 4.78 is 229. The Kier molecular flexibility index (Phi) is 8.08. The Hall–Kier alpha value is -1.64. The van der Waals surface area contributed by atoms with Gasteiger partial charge in [0.25, 0.3) is 0 Å². The van der Waals surface area contributed by atoms with Gasteiger partial charge in [0.2, 0.25) is 0 Å². The summed E-state index contributed by atoms with van der Waals surface area (Å²) >= 11 is 0. The second-order valence-electron chi connectivity index (χ2n) is 6.53. The van der Waals surface area contributed by atoms with E-state index in [0.29, 0.717) is 0 Å². The van der Waals surface area contributed by atoms with Crippen LogP contribution in [0, 0.1) is 0 Å². The van der Waals surface area contributed by atoms with E-state index in [-0.39, 0.29) is 0 Å². The molecular formula is C13H9F17O4. The molecule has 0 saturated carbocycles. The molecule has 0 radical (unpaired) electrons. The lowest BCUT2D eigenvalue weighted by Gasteiger charge is -2.40. The van der Waals surface area contributed by atoms with Crippen LogP contribution in [0.3, 0.4) is 0 Å². The quantitative estimate of drug-likeness (QED) is 0.226. The van der Waals surface area contributed by atoms with Crippen molar-refractivity contribution in [3.63, 3.8) is 0 Å². The third kappa shape index (κ3) is 5.77. The number of hydrogen-bond acceptors (Lipinski definition) is 4. The van der Waals surface area contributed by atoms with Crippen molar-refractivity contribution >= 4 is 6.04 Å². The fourth-order valence-corrected chi connectivity index (χ4v) is 1.49. The summed E-state index contributed by atoms with van der Waals surface area (Å²) in [6.45, 7) is -2.61. The van der Waals surface area contributed by atoms with Crippen molar-refractivity contribution in [2.75, 3.05) is 0 Å². The molecule has 3 atom stereocenters. The first kappa shape index (κ1) is 32.4. The summed E-state index contributed by atoms with van der Waals surface area (Å²) in [6, 6.07) is -3.43. The molecule has 0 amide bonds. The van der Waals surface area contributed by atoms with Crippen molar-refractivity contribution in [2.45, 2.75) is 74.7 Å². The predicted octanol–water partition coefficient (Wildman–Crippen LogP) is 6.20. The van der Waals surface area contributed by atoms with E-state index in [1.165, 1.54) is 0 Å². The molecule has 0 N–H and O–H groups in total. The Morgan fingerprint density at radius 2 is 0.794 bits per heavy atom. The second-order valence-corrected chi connectivity index (χ2v) is 6.53. The molecular weight excluding hydrogens is 543 g/mol. The molecule has 0 rings (SSSR count). The van der Waals surface area contributed by atoms with Crippen LogP contribution in [0.5, 0.6) is 0 Å². The largest absolute Gasteiger partial charge is 0.460 e. The average Bonchev–Trinajstić information content (AvgIpc) is 2.49. The molecule has 4 nitrogen and oxygen atoms in total. The van der Waals surface area contributed by atoms with Gasteiger partial charge >= 0.3 is 59.9 Å². The van der Waals surface area contributed by atoms with Crippen molar-refractivity contribution in [2.24, 2.45) is 0 Å². The summed E-state index contributed by atoms with van der Waals surface area (Å²) in [7, 11) is 0. The lowest BCUT2D eigenvalue weighted by molar-refractivity contribution is -0.523. The van der Waals surface area contributed by atoms with Crippen LogP contribution in [0.2, 0.25) is 0 Å². The Bertz CT molecular complexity index is 755. The van der Waals surface area contributed by atoms with E-state index in [1.54, 1.807) is 0 Å². The molecule has 0 aliphatic heterocycles. The maximum Gasteiger partial charge on any atom is 0.460 e. The van der Waals surface area contributed by atoms with Gasteiger partial charge in [-0.15, -0.1) is 0 Å². The molecule has 0 aromatic carbocycles. The van der Waals surface area contributed by atoms with Crippen molar-refractivity contribution < 1.29 is 93.6 Å². The third-order valence-corrected chi connectivity index (χ3v) is 3.47. The lowest BCUT2D eigenvalue weighted by Crippen LogP contribution is -2.65. The van der Waals surface area contributed by atoms with Crippen LogP contribution < -0.4 is 0 Å². The number of carbonyl (C=O) groups is 1. The summed E-state index contributed by atoms with van der Waals surface area (Å²) in [5.41, 5.74) is 0. The zero-order valence-electron chi connectivity index (χ0n) is 16.1. The molecule has 0 saturated heterocycles. The van der Waals surface area contributed by atoms with E-state index in [2.05, 4.69) is 9.47 Å². The molecule has 0 aliphatic rings. The molecule has 0 aromatic rings. The molecule has 34 heavy (non-hydrogen) atoms. The van der Waals surface area contributed by atoms with Gasteiger partial charge in [0, 0.05) is 20.8 Å². The molecule has 3 unspecified atom stereocenters. The monoisotopic (exact) mass is 552 g/mol. The molecule has 0 bridgehead atoms. The van der Waals surface area contributed by atoms with Crippen LogP contribution in [0.1, 0.15) is 20.8 Å². The number of hydrogen-bond donors (Lipinski definition) is 0. The van der Waals surface area contributed by atoms with Crippen LogP contribution >= 0.6 is 0 Å². The number of alkyl halides is 16. The highest BCUT2D eigenvalue weighted by Crippen LogP contribution is 2.56. The molecule has 0 heterocycles. The average molecular weight is 552 g/mol. The molecule has 0 aromatic heterocycles. The van der Waals surface area contributed by atoms with Crippen molar-refractivity contribution in [3.05, 3.63) is 0 Å². The lowest BCUT2D eigenvalue weighted by atomic mass is 10.1. The van der Waals surface area contributed by atoms with Gasteiger partial charge in [-0.25, -0.2) is 13.2 Å². The van der Waals surface area contributed by atoms with Crippen molar-refractivity contribution in [1.82, 2.24) is 0 Å². The normalized spacial score (nSPS) is 20.4. The zero-order valence-corrected chi connectivity index (χ0v) is 16.1. The molecule has 21 heteroatoms. The number of halogens is 17. The standard InChI is InChI=1S/C13H9F17O4/c1-5(15,4(14)31)32-11(25,26)6(2,16)33-12(27,28)7(3,17)34-13(29,30)9(20,21)8(18,19)10(22,23)24/h1-3H3. The second kappa shape index (κ2) is 8.49. The van der Waals surface area contributed by atoms with Gasteiger partial charge in [-0.05, 0) is 0 Å². The van der Waals surface area contributed by atoms with Gasteiger partial charge in [-0.2, -0.15) is 61.5 Å². The Morgan fingerprint density at radius 1 is 0.500 bits per heavy atom. The van der Waals surface area contributed by atoms with E-state index in [1.807, 2.05) is 4.74 Å². The summed E-state index contributed by atoms with van der Waals surface area (Å²) in [6.07, 6.45) is -28.0. The minimum absolute atomic E-state index is 0.483. The van der Waals surface area contributed by atoms with E-state index >= 15 is 0 Å². The fraction of sp³-hybridized carbons (Fsp3) is 0.923. The third-order valence-electron chi connectivity index (χ3n) is 3.47. The van der Waals surface area contributed by atoms with Crippen LogP contribution in [-0.4, -0.2) is 59.9 Å². The maximum atomic E-state index is 13.9. The highest BCUT2D eigenvalue weighted by atomic mass is 19.4. The Balaban J connectivity index is 6.11. The SMILES string of the molecule is CC(F)(OC(F)(F)C(C)(F)OC(F)(F)C(C)(F)OC(F)(F)C(F)(F)C(F)(F)C(F)(F)F)C(=O)F. The van der Waals surface area contributed by atoms with Gasteiger partial charge < -0.3 is 0 Å². The zero-order chi connectivity index (χ0) is 28.2. The molecule has 204 valence electrons. The fourth-order valence-electron chi connectivity index (χ4n) is 1.49. The van der Waals surface area contributed by atoms with Gasteiger partial charge in [0.05, 0.1) is 0 Å².